The molecule has 0 aliphatic heterocycles. The molecule has 0 aliphatic carbocycles. The highest BCUT2D eigenvalue weighted by atomic mass is 32.2. The molecule has 1 amide bonds. The number of carbonyl (C=O) groups is 1. The van der Waals surface area contributed by atoms with Crippen LogP contribution in [0.2, 0.25) is 0 Å². The van der Waals surface area contributed by atoms with Gasteiger partial charge in [-0.3, -0.25) is 14.2 Å². The molecule has 0 spiro atoms. The normalized spacial score (nSPS) is 11.7. The molecule has 0 unspecified atom stereocenters. The maximum atomic E-state index is 13.3. The molecule has 36 heavy (non-hydrogen) atoms. The molecule has 3 rings (SSSR count). The van der Waals surface area contributed by atoms with Crippen molar-refractivity contribution in [2.45, 2.75) is 56.3 Å². The number of benzene rings is 2. The van der Waals surface area contributed by atoms with Gasteiger partial charge in [0, 0.05) is 18.7 Å². The number of thioether (sulfide) groups is 1. The number of nitrogens with one attached hydrogen (secondary N) is 1. The maximum Gasteiger partial charge on any atom is 0.416 e. The van der Waals surface area contributed by atoms with Crippen molar-refractivity contribution in [3.05, 3.63) is 64.4 Å². The van der Waals surface area contributed by atoms with Crippen LogP contribution in [0.1, 0.15) is 50.5 Å². The Bertz CT molecular complexity index is 1210. The summed E-state index contributed by atoms with van der Waals surface area (Å²) in [6, 6.07) is 11.5. The maximum absolute atomic E-state index is 13.3. The molecule has 0 radical (unpaired) electrons. The summed E-state index contributed by atoms with van der Waals surface area (Å²) in [6.45, 7) is 1.34. The fraction of sp³-hybridized carbons (Fsp3) is 0.423. The van der Waals surface area contributed by atoms with Crippen molar-refractivity contribution in [1.29, 1.82) is 0 Å². The first-order valence-electron chi connectivity index (χ1n) is 12.1. The van der Waals surface area contributed by atoms with Gasteiger partial charge in [-0.05, 0) is 62.6 Å². The second-order valence-electron chi connectivity index (χ2n) is 8.46. The lowest BCUT2D eigenvalue weighted by Gasteiger charge is -2.15. The molecule has 0 aliphatic rings. The second-order valence-corrected chi connectivity index (χ2v) is 9.52. The Hall–Kier alpha value is -2.85. The number of halogens is 3. The number of para-hydroxylation sites is 1. The van der Waals surface area contributed by atoms with E-state index in [2.05, 4.69) is 10.3 Å². The van der Waals surface area contributed by atoms with Gasteiger partial charge < -0.3 is 11.1 Å². The van der Waals surface area contributed by atoms with E-state index < -0.39 is 17.3 Å². The standard InChI is InChI=1S/C26H31F3N4O2S/c27-26(28,29)19-10-9-11-20(18-19)33-24(35)21-12-3-4-13-22(21)32-25(33)36-17-8-5-14-23(34)31-16-7-2-1-6-15-30/h3-4,9-13,18H,1-2,5-8,14-17,30H2,(H,31,34). The molecular weight excluding hydrogens is 489 g/mol. The van der Waals surface area contributed by atoms with E-state index in [9.17, 15) is 22.8 Å². The van der Waals surface area contributed by atoms with Crippen LogP contribution in [-0.4, -0.2) is 34.3 Å². The number of nitrogens with zero attached hydrogens (tertiary/aromatic N) is 2. The van der Waals surface area contributed by atoms with Crippen LogP contribution in [0, 0.1) is 0 Å². The van der Waals surface area contributed by atoms with Crippen molar-refractivity contribution in [1.82, 2.24) is 14.9 Å². The summed E-state index contributed by atoms with van der Waals surface area (Å²) < 4.78 is 41.1. The molecule has 194 valence electrons. The second kappa shape index (κ2) is 13.5. The Balaban J connectivity index is 1.65. The molecule has 3 aromatic rings. The molecule has 1 heterocycles. The first-order chi connectivity index (χ1) is 17.3. The first kappa shape index (κ1) is 27.7. The van der Waals surface area contributed by atoms with E-state index in [0.717, 1.165) is 37.8 Å². The van der Waals surface area contributed by atoms with Gasteiger partial charge in [0.25, 0.3) is 5.56 Å². The predicted octanol–water partition coefficient (Wildman–Crippen LogP) is 5.30. The molecule has 2 aromatic carbocycles. The molecule has 10 heteroatoms. The lowest BCUT2D eigenvalue weighted by Crippen LogP contribution is -2.24. The Kier molecular flexibility index (Phi) is 10.4. The highest BCUT2D eigenvalue weighted by Gasteiger charge is 2.31. The zero-order chi connectivity index (χ0) is 26.0. The monoisotopic (exact) mass is 520 g/mol. The van der Waals surface area contributed by atoms with E-state index in [0.29, 0.717) is 54.2 Å². The van der Waals surface area contributed by atoms with Crippen LogP contribution in [0.4, 0.5) is 13.2 Å². The SMILES string of the molecule is NCCCCCCNC(=O)CCCCSc1nc2ccccc2c(=O)n1-c1cccc(C(F)(F)F)c1. The van der Waals surface area contributed by atoms with Gasteiger partial charge in [-0.2, -0.15) is 13.2 Å². The van der Waals surface area contributed by atoms with Gasteiger partial charge in [-0.25, -0.2) is 4.98 Å². The van der Waals surface area contributed by atoms with Crippen LogP contribution in [0.15, 0.2) is 58.5 Å². The first-order valence-corrected chi connectivity index (χ1v) is 13.1. The van der Waals surface area contributed by atoms with E-state index in [4.69, 9.17) is 5.73 Å². The number of unbranched alkanes of at least 4 members (excludes halogenated alkanes) is 4. The molecular formula is C26H31F3N4O2S. The van der Waals surface area contributed by atoms with Gasteiger partial charge >= 0.3 is 6.18 Å². The van der Waals surface area contributed by atoms with Crippen LogP contribution >= 0.6 is 11.8 Å². The summed E-state index contributed by atoms with van der Waals surface area (Å²) in [6.07, 6.45) is 1.27. The Morgan fingerprint density at radius 3 is 2.56 bits per heavy atom. The molecule has 0 saturated carbocycles. The summed E-state index contributed by atoms with van der Waals surface area (Å²) >= 11 is 1.29. The summed E-state index contributed by atoms with van der Waals surface area (Å²) in [7, 11) is 0. The average Bonchev–Trinajstić information content (AvgIpc) is 2.85. The van der Waals surface area contributed by atoms with Crippen LogP contribution < -0.4 is 16.6 Å². The molecule has 0 bridgehead atoms. The van der Waals surface area contributed by atoms with E-state index in [1.165, 1.54) is 28.5 Å². The van der Waals surface area contributed by atoms with Crippen LogP contribution in [-0.2, 0) is 11.0 Å². The predicted molar refractivity (Wildman–Crippen MR) is 137 cm³/mol. The van der Waals surface area contributed by atoms with Crippen LogP contribution in [0.25, 0.3) is 16.6 Å². The topological polar surface area (TPSA) is 90.0 Å². The lowest BCUT2D eigenvalue weighted by atomic mass is 10.2. The summed E-state index contributed by atoms with van der Waals surface area (Å²) in [4.78, 5) is 29.8. The zero-order valence-corrected chi connectivity index (χ0v) is 20.8. The minimum Gasteiger partial charge on any atom is -0.356 e. The fourth-order valence-electron chi connectivity index (χ4n) is 3.75. The van der Waals surface area contributed by atoms with Crippen molar-refractivity contribution < 1.29 is 18.0 Å². The number of aromatic nitrogens is 2. The van der Waals surface area contributed by atoms with E-state index >= 15 is 0 Å². The third kappa shape index (κ3) is 7.83. The van der Waals surface area contributed by atoms with Gasteiger partial charge in [-0.15, -0.1) is 0 Å². The van der Waals surface area contributed by atoms with E-state index in [-0.39, 0.29) is 11.6 Å². The van der Waals surface area contributed by atoms with E-state index in [1.807, 2.05) is 0 Å². The van der Waals surface area contributed by atoms with Crippen molar-refractivity contribution in [3.63, 3.8) is 0 Å². The Morgan fingerprint density at radius 1 is 1.00 bits per heavy atom. The van der Waals surface area contributed by atoms with Gasteiger partial charge in [0.05, 0.1) is 22.2 Å². The largest absolute Gasteiger partial charge is 0.416 e. The molecule has 3 N–H and O–H groups in total. The number of hydrogen-bond acceptors (Lipinski definition) is 5. The third-order valence-corrected chi connectivity index (χ3v) is 6.68. The van der Waals surface area contributed by atoms with Gasteiger partial charge in [0.15, 0.2) is 5.16 Å². The summed E-state index contributed by atoms with van der Waals surface area (Å²) in [5.41, 5.74) is 4.81. The van der Waals surface area contributed by atoms with Gasteiger partial charge in [-0.1, -0.05) is 42.8 Å². The molecule has 6 nitrogen and oxygen atoms in total. The van der Waals surface area contributed by atoms with Gasteiger partial charge in [0.1, 0.15) is 0 Å². The molecule has 0 fully saturated rings. The average molecular weight is 521 g/mol. The van der Waals surface area contributed by atoms with Gasteiger partial charge in [0.2, 0.25) is 5.91 Å². The number of fused-ring (bicyclic) bond motifs is 1. The number of hydrogen-bond donors (Lipinski definition) is 2. The van der Waals surface area contributed by atoms with Crippen molar-refractivity contribution in [3.8, 4) is 5.69 Å². The quantitative estimate of drug-likeness (QED) is 0.181. The Labute approximate surface area is 212 Å². The van der Waals surface area contributed by atoms with E-state index in [1.54, 1.807) is 24.3 Å². The highest BCUT2D eigenvalue weighted by molar-refractivity contribution is 7.99. The zero-order valence-electron chi connectivity index (χ0n) is 20.0. The molecule has 1 aromatic heterocycles. The number of carbonyl (C=O) groups excluding carboxylic acids is 1. The van der Waals surface area contributed by atoms with Crippen LogP contribution in [0.5, 0.6) is 0 Å². The van der Waals surface area contributed by atoms with Crippen molar-refractivity contribution in [2.75, 3.05) is 18.8 Å². The molecule has 0 atom stereocenters. The third-order valence-electron chi connectivity index (χ3n) is 5.66. The summed E-state index contributed by atoms with van der Waals surface area (Å²) in [5.74, 6) is 0.569. The lowest BCUT2D eigenvalue weighted by molar-refractivity contribution is -0.137. The number of rotatable bonds is 13. The highest BCUT2D eigenvalue weighted by Crippen LogP contribution is 2.31. The number of alkyl halides is 3. The smallest absolute Gasteiger partial charge is 0.356 e. The van der Waals surface area contributed by atoms with Crippen molar-refractivity contribution >= 4 is 28.6 Å². The number of nitrogens with two attached hydrogens (primary N) is 1. The summed E-state index contributed by atoms with van der Waals surface area (Å²) in [5, 5.41) is 3.57. The fourth-order valence-corrected chi connectivity index (χ4v) is 4.76. The molecule has 0 saturated heterocycles. The Morgan fingerprint density at radius 2 is 1.78 bits per heavy atom. The number of amides is 1. The minimum absolute atomic E-state index is 0.00327. The van der Waals surface area contributed by atoms with Crippen molar-refractivity contribution in [2.24, 2.45) is 5.73 Å². The minimum atomic E-state index is -4.53. The van der Waals surface area contributed by atoms with Crippen LogP contribution in [0.3, 0.4) is 0 Å².